The molecule has 0 aliphatic heterocycles. The van der Waals surface area contributed by atoms with Crippen molar-refractivity contribution < 1.29 is 31.6 Å². The van der Waals surface area contributed by atoms with Crippen LogP contribution in [0.1, 0.15) is 43.1 Å². The maximum Gasteiger partial charge on any atom is 0.412 e. The van der Waals surface area contributed by atoms with Crippen LogP contribution in [0.25, 0.3) is 0 Å². The molecule has 9 heteroatoms. The minimum atomic E-state index is -4.93. The van der Waals surface area contributed by atoms with Gasteiger partial charge in [-0.2, -0.15) is 13.2 Å². The maximum absolute atomic E-state index is 14.6. The Balaban J connectivity index is 2.59. The van der Waals surface area contributed by atoms with Gasteiger partial charge in [-0.05, 0) is 62.7 Å². The van der Waals surface area contributed by atoms with Gasteiger partial charge in [-0.3, -0.25) is 4.79 Å². The van der Waals surface area contributed by atoms with Crippen molar-refractivity contribution in [1.82, 2.24) is 4.72 Å². The number of nitrogens with one attached hydrogen (secondary N) is 1. The number of carbonyl (C=O) groups is 1. The summed E-state index contributed by atoms with van der Waals surface area (Å²) >= 11 is 0. The third-order valence-corrected chi connectivity index (χ3v) is 6.37. The van der Waals surface area contributed by atoms with Crippen molar-refractivity contribution in [1.29, 1.82) is 0 Å². The van der Waals surface area contributed by atoms with E-state index >= 15 is 0 Å². The predicted octanol–water partition coefficient (Wildman–Crippen LogP) is 4.79. The molecule has 0 aliphatic rings. The van der Waals surface area contributed by atoms with Gasteiger partial charge in [0.25, 0.3) is 0 Å². The Labute approximate surface area is 182 Å². The highest BCUT2D eigenvalue weighted by molar-refractivity contribution is 7.84. The first-order valence-corrected chi connectivity index (χ1v) is 10.6. The average molecular weight is 458 g/mol. The molecule has 0 bridgehead atoms. The SMILES string of the molecule is COc1ccc(C(=O)C[C@@](NS(=O)C(C)(C)C)(c2ccc(OC)cc2)C(F)(F)F)cc1. The first kappa shape index (κ1) is 24.9. The molecule has 2 aromatic carbocycles. The molecule has 0 heterocycles. The second-order valence-electron chi connectivity index (χ2n) is 7.94. The molecule has 0 aromatic heterocycles. The quantitative estimate of drug-likeness (QED) is 0.579. The lowest BCUT2D eigenvalue weighted by Crippen LogP contribution is -2.57. The molecule has 2 aromatic rings. The van der Waals surface area contributed by atoms with Gasteiger partial charge < -0.3 is 9.47 Å². The van der Waals surface area contributed by atoms with Crippen LogP contribution in [-0.2, 0) is 16.5 Å². The van der Waals surface area contributed by atoms with Crippen molar-refractivity contribution in [2.45, 2.75) is 43.7 Å². The minimum Gasteiger partial charge on any atom is -0.497 e. The van der Waals surface area contributed by atoms with Crippen molar-refractivity contribution in [2.75, 3.05) is 14.2 Å². The lowest BCUT2D eigenvalue weighted by atomic mass is 9.83. The van der Waals surface area contributed by atoms with E-state index in [-0.39, 0.29) is 11.1 Å². The fourth-order valence-corrected chi connectivity index (χ4v) is 3.75. The van der Waals surface area contributed by atoms with Crippen LogP contribution in [0, 0.1) is 0 Å². The number of ketones is 1. The molecule has 170 valence electrons. The van der Waals surface area contributed by atoms with E-state index in [0.717, 1.165) is 0 Å². The summed E-state index contributed by atoms with van der Waals surface area (Å²) in [5, 5.41) is 0. The van der Waals surface area contributed by atoms with Crippen molar-refractivity contribution >= 4 is 16.8 Å². The molecule has 1 unspecified atom stereocenters. The van der Waals surface area contributed by atoms with E-state index < -0.39 is 39.7 Å². The highest BCUT2D eigenvalue weighted by atomic mass is 32.2. The van der Waals surface area contributed by atoms with E-state index in [9.17, 15) is 22.2 Å². The minimum absolute atomic E-state index is 0.0891. The molecule has 0 aliphatic carbocycles. The molecule has 0 saturated heterocycles. The average Bonchev–Trinajstić information content (AvgIpc) is 2.71. The number of rotatable bonds is 8. The lowest BCUT2D eigenvalue weighted by molar-refractivity contribution is -0.193. The molecule has 2 atom stereocenters. The van der Waals surface area contributed by atoms with Crippen molar-refractivity contribution in [3.05, 3.63) is 59.7 Å². The number of halogens is 3. The maximum atomic E-state index is 14.6. The lowest BCUT2D eigenvalue weighted by Gasteiger charge is -2.38. The van der Waals surface area contributed by atoms with Crippen molar-refractivity contribution in [3.8, 4) is 11.5 Å². The molecule has 1 N–H and O–H groups in total. The predicted molar refractivity (Wildman–Crippen MR) is 114 cm³/mol. The second-order valence-corrected chi connectivity index (χ2v) is 9.91. The van der Waals surface area contributed by atoms with E-state index in [2.05, 4.69) is 4.72 Å². The van der Waals surface area contributed by atoms with Crippen molar-refractivity contribution in [3.63, 3.8) is 0 Å². The van der Waals surface area contributed by atoms with Gasteiger partial charge in [0.2, 0.25) is 0 Å². The summed E-state index contributed by atoms with van der Waals surface area (Å²) in [5.41, 5.74) is -3.01. The highest BCUT2D eigenvalue weighted by Gasteiger charge is 2.58. The highest BCUT2D eigenvalue weighted by Crippen LogP contribution is 2.44. The third-order valence-electron chi connectivity index (χ3n) is 4.73. The van der Waals surface area contributed by atoms with Crippen LogP contribution in [0.15, 0.2) is 48.5 Å². The smallest absolute Gasteiger partial charge is 0.412 e. The van der Waals surface area contributed by atoms with Gasteiger partial charge in [0, 0.05) is 12.0 Å². The topological polar surface area (TPSA) is 64.6 Å². The number of methoxy groups -OCH3 is 2. The van der Waals surface area contributed by atoms with Crippen LogP contribution in [-0.4, -0.2) is 35.1 Å². The van der Waals surface area contributed by atoms with Gasteiger partial charge in [-0.15, -0.1) is 0 Å². The Kier molecular flexibility index (Phi) is 7.54. The van der Waals surface area contributed by atoms with Crippen LogP contribution in [0.2, 0.25) is 0 Å². The Morgan fingerprint density at radius 3 is 1.74 bits per heavy atom. The molecule has 0 fully saturated rings. The number of Topliss-reactive ketones (excluding diaryl/α,β-unsaturated/α-hetero) is 1. The van der Waals surface area contributed by atoms with Gasteiger partial charge in [0.05, 0.1) is 30.0 Å². The Morgan fingerprint density at radius 1 is 0.903 bits per heavy atom. The fraction of sp³-hybridized carbons (Fsp3) is 0.409. The van der Waals surface area contributed by atoms with E-state index in [0.29, 0.717) is 11.5 Å². The first-order chi connectivity index (χ1) is 14.3. The number of benzene rings is 2. The molecular formula is C22H26F3NO4S. The van der Waals surface area contributed by atoms with Gasteiger partial charge in [0.15, 0.2) is 11.3 Å². The van der Waals surface area contributed by atoms with Gasteiger partial charge in [-0.1, -0.05) is 12.1 Å². The third kappa shape index (κ3) is 5.65. The standard InChI is InChI=1S/C22H26F3NO4S/c1-20(2,3)31(28)26-21(22(23,24)25,16-8-12-18(30-5)13-9-16)14-19(27)15-6-10-17(29-4)11-7-15/h6-13,26H,14H2,1-5H3/t21-,31?/m1/s1. The van der Waals surface area contributed by atoms with Gasteiger partial charge >= 0.3 is 6.18 Å². The van der Waals surface area contributed by atoms with E-state index in [1.54, 1.807) is 20.8 Å². The normalized spacial score (nSPS) is 15.1. The van der Waals surface area contributed by atoms with E-state index in [1.165, 1.54) is 62.8 Å². The van der Waals surface area contributed by atoms with E-state index in [1.807, 2.05) is 0 Å². The van der Waals surface area contributed by atoms with Gasteiger partial charge in [0.1, 0.15) is 11.5 Å². The van der Waals surface area contributed by atoms with Crippen LogP contribution in [0.5, 0.6) is 11.5 Å². The summed E-state index contributed by atoms with van der Waals surface area (Å²) < 4.78 is 67.8. The number of hydrogen-bond donors (Lipinski definition) is 1. The zero-order valence-electron chi connectivity index (χ0n) is 18.0. The fourth-order valence-electron chi connectivity index (χ4n) is 2.83. The molecular weight excluding hydrogens is 431 g/mol. The summed E-state index contributed by atoms with van der Waals surface area (Å²) in [6.07, 6.45) is -5.90. The van der Waals surface area contributed by atoms with Crippen LogP contribution in [0.4, 0.5) is 13.2 Å². The van der Waals surface area contributed by atoms with Crippen LogP contribution >= 0.6 is 0 Å². The van der Waals surface area contributed by atoms with E-state index in [4.69, 9.17) is 9.47 Å². The number of alkyl halides is 3. The molecule has 31 heavy (non-hydrogen) atoms. The number of carbonyl (C=O) groups excluding carboxylic acids is 1. The molecule has 0 amide bonds. The van der Waals surface area contributed by atoms with Gasteiger partial charge in [-0.25, -0.2) is 8.93 Å². The largest absolute Gasteiger partial charge is 0.497 e. The van der Waals surface area contributed by atoms with Crippen LogP contribution < -0.4 is 14.2 Å². The summed E-state index contributed by atoms with van der Waals surface area (Å²) in [5.74, 6) is 0.0770. The molecule has 0 saturated carbocycles. The zero-order chi connectivity index (χ0) is 23.4. The molecule has 0 spiro atoms. The number of hydrogen-bond acceptors (Lipinski definition) is 4. The Morgan fingerprint density at radius 2 is 1.35 bits per heavy atom. The molecule has 2 rings (SSSR count). The number of ether oxygens (including phenoxy) is 2. The monoisotopic (exact) mass is 457 g/mol. The zero-order valence-corrected chi connectivity index (χ0v) is 18.8. The summed E-state index contributed by atoms with van der Waals surface area (Å²) in [4.78, 5) is 12.9. The Hall–Kier alpha value is -2.39. The Bertz CT molecular complexity index is 922. The summed E-state index contributed by atoms with van der Waals surface area (Å²) in [6, 6.07) is 11.0. The van der Waals surface area contributed by atoms with Crippen molar-refractivity contribution in [2.24, 2.45) is 0 Å². The van der Waals surface area contributed by atoms with Crippen LogP contribution in [0.3, 0.4) is 0 Å². The molecule has 0 radical (unpaired) electrons. The molecule has 5 nitrogen and oxygen atoms in total. The first-order valence-electron chi connectivity index (χ1n) is 9.42. The summed E-state index contributed by atoms with van der Waals surface area (Å²) in [7, 11) is 0.728. The second kappa shape index (κ2) is 9.40. The summed E-state index contributed by atoms with van der Waals surface area (Å²) in [6.45, 7) is 4.66.